The molecule has 3 N–H and O–H groups in total. The lowest BCUT2D eigenvalue weighted by molar-refractivity contribution is -0.121. The van der Waals surface area contributed by atoms with E-state index in [2.05, 4.69) is 10.6 Å². The number of nitrogens with one attached hydrogen (secondary N) is 2. The van der Waals surface area contributed by atoms with E-state index in [0.717, 1.165) is 25.9 Å². The summed E-state index contributed by atoms with van der Waals surface area (Å²) < 4.78 is 13.4. The van der Waals surface area contributed by atoms with Crippen LogP contribution in [0, 0.1) is 11.7 Å². The van der Waals surface area contributed by atoms with Crippen molar-refractivity contribution < 1.29 is 14.3 Å². The quantitative estimate of drug-likeness (QED) is 0.737. The van der Waals surface area contributed by atoms with Crippen LogP contribution in [0.4, 0.5) is 4.39 Å². The van der Waals surface area contributed by atoms with E-state index in [4.69, 9.17) is 0 Å². The molecule has 1 aliphatic rings. The fourth-order valence-electron chi connectivity index (χ4n) is 2.45. The molecule has 0 radical (unpaired) electrons. The number of carbonyl (C=O) groups excluding carboxylic acids is 1. The monoisotopic (exact) mass is 280 g/mol. The fourth-order valence-corrected chi connectivity index (χ4v) is 2.45. The number of carbonyl (C=O) groups is 1. The molecule has 1 aliphatic heterocycles. The van der Waals surface area contributed by atoms with Crippen LogP contribution in [0.1, 0.15) is 30.9 Å². The summed E-state index contributed by atoms with van der Waals surface area (Å²) >= 11 is 0. The van der Waals surface area contributed by atoms with E-state index in [1.54, 1.807) is 12.1 Å². The van der Waals surface area contributed by atoms with E-state index in [1.165, 1.54) is 12.1 Å². The number of aliphatic hydroxyl groups is 1. The standard InChI is InChI=1S/C15H21FN2O2/c16-13-4-2-1-3-12(13)14(19)10-18-15(20)6-5-11-7-8-17-9-11/h1-4,11,14,17,19H,5-10H2,(H,18,20). The van der Waals surface area contributed by atoms with Gasteiger partial charge in [0.2, 0.25) is 5.91 Å². The molecule has 1 aromatic carbocycles. The Morgan fingerprint density at radius 1 is 1.50 bits per heavy atom. The van der Waals surface area contributed by atoms with Gasteiger partial charge in [-0.1, -0.05) is 18.2 Å². The molecule has 1 saturated heterocycles. The smallest absolute Gasteiger partial charge is 0.220 e. The van der Waals surface area contributed by atoms with Crippen molar-refractivity contribution in [1.29, 1.82) is 0 Å². The van der Waals surface area contributed by atoms with Crippen LogP contribution in [0.3, 0.4) is 0 Å². The first kappa shape index (κ1) is 14.9. The fraction of sp³-hybridized carbons (Fsp3) is 0.533. The Morgan fingerprint density at radius 3 is 3.00 bits per heavy atom. The van der Waals surface area contributed by atoms with Crippen molar-refractivity contribution in [2.24, 2.45) is 5.92 Å². The largest absolute Gasteiger partial charge is 0.386 e. The van der Waals surface area contributed by atoms with Gasteiger partial charge in [-0.25, -0.2) is 4.39 Å². The summed E-state index contributed by atoms with van der Waals surface area (Å²) in [5.41, 5.74) is 0.216. The van der Waals surface area contributed by atoms with Crippen molar-refractivity contribution in [2.75, 3.05) is 19.6 Å². The highest BCUT2D eigenvalue weighted by atomic mass is 19.1. The molecule has 0 saturated carbocycles. The maximum absolute atomic E-state index is 13.4. The maximum Gasteiger partial charge on any atom is 0.220 e. The van der Waals surface area contributed by atoms with Crippen molar-refractivity contribution in [3.05, 3.63) is 35.6 Å². The Hall–Kier alpha value is -1.46. The first-order valence-corrected chi connectivity index (χ1v) is 7.06. The van der Waals surface area contributed by atoms with E-state index in [1.807, 2.05) is 0 Å². The first-order chi connectivity index (χ1) is 9.66. The molecule has 2 atom stereocenters. The lowest BCUT2D eigenvalue weighted by Crippen LogP contribution is -2.29. The number of aliphatic hydroxyl groups excluding tert-OH is 1. The molecule has 0 aromatic heterocycles. The number of benzene rings is 1. The van der Waals surface area contributed by atoms with E-state index in [-0.39, 0.29) is 18.0 Å². The molecule has 5 heteroatoms. The molecule has 1 fully saturated rings. The molecule has 1 aromatic rings. The van der Waals surface area contributed by atoms with E-state index >= 15 is 0 Å². The van der Waals surface area contributed by atoms with Gasteiger partial charge < -0.3 is 15.7 Å². The van der Waals surface area contributed by atoms with Crippen LogP contribution < -0.4 is 10.6 Å². The third-order valence-electron chi connectivity index (χ3n) is 3.70. The van der Waals surface area contributed by atoms with Crippen LogP contribution in [0.5, 0.6) is 0 Å². The molecule has 1 heterocycles. The predicted molar refractivity (Wildman–Crippen MR) is 74.6 cm³/mol. The van der Waals surface area contributed by atoms with Gasteiger partial charge >= 0.3 is 0 Å². The van der Waals surface area contributed by atoms with E-state index in [0.29, 0.717) is 12.3 Å². The van der Waals surface area contributed by atoms with Crippen LogP contribution in [0.2, 0.25) is 0 Å². The number of amides is 1. The molecule has 4 nitrogen and oxygen atoms in total. The molecule has 20 heavy (non-hydrogen) atoms. The van der Waals surface area contributed by atoms with Gasteiger partial charge in [0, 0.05) is 18.5 Å². The second-order valence-electron chi connectivity index (χ2n) is 5.24. The average molecular weight is 280 g/mol. The normalized spacial score (nSPS) is 19.8. The van der Waals surface area contributed by atoms with Gasteiger partial charge in [0.25, 0.3) is 0 Å². The molecule has 0 bridgehead atoms. The zero-order valence-corrected chi connectivity index (χ0v) is 11.4. The summed E-state index contributed by atoms with van der Waals surface area (Å²) in [6.07, 6.45) is 1.42. The Balaban J connectivity index is 1.71. The highest BCUT2D eigenvalue weighted by Gasteiger charge is 2.17. The number of rotatable bonds is 6. The Bertz CT molecular complexity index is 447. The summed E-state index contributed by atoms with van der Waals surface area (Å²) in [5, 5.41) is 15.8. The average Bonchev–Trinajstić information content (AvgIpc) is 2.96. The minimum Gasteiger partial charge on any atom is -0.386 e. The zero-order chi connectivity index (χ0) is 14.4. The summed E-state index contributed by atoms with van der Waals surface area (Å²) in [6, 6.07) is 6.06. The number of halogens is 1. The third kappa shape index (κ3) is 4.28. The molecule has 110 valence electrons. The predicted octanol–water partition coefficient (Wildman–Crippen LogP) is 1.36. The minimum absolute atomic E-state index is 0.0443. The van der Waals surface area contributed by atoms with Gasteiger partial charge in [-0.05, 0) is 37.9 Å². The minimum atomic E-state index is -1.01. The van der Waals surface area contributed by atoms with Crippen LogP contribution in [0.25, 0.3) is 0 Å². The third-order valence-corrected chi connectivity index (χ3v) is 3.70. The Morgan fingerprint density at radius 2 is 2.30 bits per heavy atom. The molecule has 2 unspecified atom stereocenters. The van der Waals surface area contributed by atoms with E-state index in [9.17, 15) is 14.3 Å². The second-order valence-corrected chi connectivity index (χ2v) is 5.24. The topological polar surface area (TPSA) is 61.4 Å². The van der Waals surface area contributed by atoms with Gasteiger partial charge in [0.05, 0.1) is 6.10 Å². The van der Waals surface area contributed by atoms with Gasteiger partial charge in [0.1, 0.15) is 5.82 Å². The van der Waals surface area contributed by atoms with Crippen LogP contribution in [-0.2, 0) is 4.79 Å². The van der Waals surface area contributed by atoms with Crippen LogP contribution in [-0.4, -0.2) is 30.6 Å². The van der Waals surface area contributed by atoms with Crippen molar-refractivity contribution in [2.45, 2.75) is 25.4 Å². The molecular weight excluding hydrogens is 259 g/mol. The van der Waals surface area contributed by atoms with E-state index < -0.39 is 11.9 Å². The van der Waals surface area contributed by atoms with Gasteiger partial charge in [-0.15, -0.1) is 0 Å². The molecular formula is C15H21FN2O2. The summed E-state index contributed by atoms with van der Waals surface area (Å²) in [5.74, 6) is 0.0239. The van der Waals surface area contributed by atoms with Gasteiger partial charge in [-0.2, -0.15) is 0 Å². The molecule has 1 amide bonds. The van der Waals surface area contributed by atoms with Crippen molar-refractivity contribution >= 4 is 5.91 Å². The van der Waals surface area contributed by atoms with Crippen LogP contribution >= 0.6 is 0 Å². The van der Waals surface area contributed by atoms with Crippen molar-refractivity contribution in [3.8, 4) is 0 Å². The summed E-state index contributed by atoms with van der Waals surface area (Å²) in [7, 11) is 0. The number of hydrogen-bond acceptors (Lipinski definition) is 3. The summed E-state index contributed by atoms with van der Waals surface area (Å²) in [4.78, 5) is 11.7. The number of hydrogen-bond donors (Lipinski definition) is 3. The lowest BCUT2D eigenvalue weighted by atomic mass is 10.0. The SMILES string of the molecule is O=C(CCC1CCNC1)NCC(O)c1ccccc1F. The first-order valence-electron chi connectivity index (χ1n) is 7.06. The second kappa shape index (κ2) is 7.36. The van der Waals surface area contributed by atoms with Gasteiger partial charge in [0.15, 0.2) is 0 Å². The molecule has 0 aliphatic carbocycles. The van der Waals surface area contributed by atoms with Crippen molar-refractivity contribution in [1.82, 2.24) is 10.6 Å². The molecule has 2 rings (SSSR count). The maximum atomic E-state index is 13.4. The van der Waals surface area contributed by atoms with Gasteiger partial charge in [-0.3, -0.25) is 4.79 Å². The van der Waals surface area contributed by atoms with Crippen LogP contribution in [0.15, 0.2) is 24.3 Å². The van der Waals surface area contributed by atoms with Crippen molar-refractivity contribution in [3.63, 3.8) is 0 Å². The Kier molecular flexibility index (Phi) is 5.49. The highest BCUT2D eigenvalue weighted by molar-refractivity contribution is 5.75. The highest BCUT2D eigenvalue weighted by Crippen LogP contribution is 2.16. The Labute approximate surface area is 118 Å². The summed E-state index contributed by atoms with van der Waals surface area (Å²) in [6.45, 7) is 2.05. The molecule has 0 spiro atoms. The lowest BCUT2D eigenvalue weighted by Gasteiger charge is -2.13. The zero-order valence-electron chi connectivity index (χ0n) is 11.4.